The van der Waals surface area contributed by atoms with Crippen molar-refractivity contribution >= 4 is 18.1 Å². The molecular weight excluding hydrogens is 272 g/mol. The van der Waals surface area contributed by atoms with E-state index in [1.165, 1.54) is 11.8 Å². The van der Waals surface area contributed by atoms with Crippen molar-refractivity contribution in [1.82, 2.24) is 9.88 Å². The Hall–Kier alpha value is -1.81. The average Bonchev–Trinajstić information content (AvgIpc) is 2.36. The van der Waals surface area contributed by atoms with E-state index in [4.69, 9.17) is 17.5 Å². The van der Waals surface area contributed by atoms with Crippen LogP contribution in [0.2, 0.25) is 0 Å². The van der Waals surface area contributed by atoms with Crippen LogP contribution in [0.4, 0.5) is 8.78 Å². The topological polar surface area (TPSA) is 59.9 Å². The minimum atomic E-state index is -2.79. The third kappa shape index (κ3) is 2.36. The SMILES string of the molecule is CC(=O)N1CCc2[nH]c(=S)c(C#N)c(C(F)F)c2C1. The van der Waals surface area contributed by atoms with Crippen molar-refractivity contribution in [3.05, 3.63) is 27.0 Å². The largest absolute Gasteiger partial charge is 0.349 e. The lowest BCUT2D eigenvalue weighted by atomic mass is 9.97. The predicted molar refractivity (Wildman–Crippen MR) is 66.1 cm³/mol. The standard InChI is InChI=1S/C12H11F2N3OS/c1-6(18)17-3-2-9-8(5-17)10(11(13)14)7(4-15)12(19)16-9/h11H,2-3,5H2,1H3,(H,16,19). The zero-order valence-corrected chi connectivity index (χ0v) is 11.0. The molecule has 0 atom stereocenters. The van der Waals surface area contributed by atoms with Crippen molar-refractivity contribution < 1.29 is 13.6 Å². The Morgan fingerprint density at radius 1 is 1.58 bits per heavy atom. The van der Waals surface area contributed by atoms with Gasteiger partial charge in [0.25, 0.3) is 6.43 Å². The Labute approximate surface area is 113 Å². The van der Waals surface area contributed by atoms with Crippen molar-refractivity contribution in [3.63, 3.8) is 0 Å². The maximum atomic E-state index is 13.2. The zero-order chi connectivity index (χ0) is 14.2. The molecule has 0 saturated heterocycles. The first-order chi connectivity index (χ1) is 8.95. The van der Waals surface area contributed by atoms with Gasteiger partial charge < -0.3 is 9.88 Å². The molecule has 0 radical (unpaired) electrons. The average molecular weight is 283 g/mol. The number of pyridine rings is 1. The lowest BCUT2D eigenvalue weighted by Gasteiger charge is -2.29. The summed E-state index contributed by atoms with van der Waals surface area (Å²) in [7, 11) is 0. The van der Waals surface area contributed by atoms with Crippen molar-refractivity contribution in [2.45, 2.75) is 26.3 Å². The van der Waals surface area contributed by atoms with Crippen LogP contribution in [0.25, 0.3) is 0 Å². The Morgan fingerprint density at radius 2 is 2.26 bits per heavy atom. The van der Waals surface area contributed by atoms with E-state index in [9.17, 15) is 13.6 Å². The Kier molecular flexibility index (Phi) is 3.62. The number of halogens is 2. The van der Waals surface area contributed by atoms with Gasteiger partial charge in [-0.15, -0.1) is 0 Å². The molecular formula is C12H11F2N3OS. The van der Waals surface area contributed by atoms with Crippen LogP contribution in [0.15, 0.2) is 0 Å². The van der Waals surface area contributed by atoms with E-state index in [0.717, 1.165) is 0 Å². The summed E-state index contributed by atoms with van der Waals surface area (Å²) >= 11 is 4.93. The number of aromatic nitrogens is 1. The van der Waals surface area contributed by atoms with Crippen LogP contribution in [0.3, 0.4) is 0 Å². The number of aromatic amines is 1. The Morgan fingerprint density at radius 3 is 2.79 bits per heavy atom. The number of hydrogen-bond donors (Lipinski definition) is 1. The Bertz CT molecular complexity index is 633. The number of nitrogens with one attached hydrogen (secondary N) is 1. The van der Waals surface area contributed by atoms with Gasteiger partial charge >= 0.3 is 0 Å². The normalized spacial score (nSPS) is 14.2. The number of nitrogens with zero attached hydrogens (tertiary/aromatic N) is 2. The molecule has 7 heteroatoms. The highest BCUT2D eigenvalue weighted by atomic mass is 32.1. The molecule has 0 aromatic carbocycles. The number of hydrogen-bond acceptors (Lipinski definition) is 3. The van der Waals surface area contributed by atoms with Crippen LogP contribution < -0.4 is 0 Å². The molecule has 0 unspecified atom stereocenters. The molecule has 0 aliphatic carbocycles. The molecule has 100 valence electrons. The number of amides is 1. The third-order valence-corrected chi connectivity index (χ3v) is 3.51. The summed E-state index contributed by atoms with van der Waals surface area (Å²) in [5.74, 6) is -0.174. The summed E-state index contributed by atoms with van der Waals surface area (Å²) in [6, 6.07) is 1.72. The summed E-state index contributed by atoms with van der Waals surface area (Å²) < 4.78 is 26.4. The smallest absolute Gasteiger partial charge is 0.265 e. The fourth-order valence-electron chi connectivity index (χ4n) is 2.24. The van der Waals surface area contributed by atoms with Crippen LogP contribution in [-0.2, 0) is 17.8 Å². The molecule has 1 aromatic rings. The monoisotopic (exact) mass is 283 g/mol. The van der Waals surface area contributed by atoms with E-state index in [1.807, 2.05) is 0 Å². The number of rotatable bonds is 1. The van der Waals surface area contributed by atoms with Gasteiger partial charge in [0, 0.05) is 43.3 Å². The molecule has 1 aliphatic heterocycles. The van der Waals surface area contributed by atoms with Crippen LogP contribution in [-0.4, -0.2) is 22.3 Å². The van der Waals surface area contributed by atoms with Gasteiger partial charge in [-0.05, 0) is 0 Å². The molecule has 1 aliphatic rings. The third-order valence-electron chi connectivity index (χ3n) is 3.21. The first-order valence-corrected chi connectivity index (χ1v) is 6.08. The minimum absolute atomic E-state index is 0.0350. The lowest BCUT2D eigenvalue weighted by molar-refractivity contribution is -0.129. The summed E-state index contributed by atoms with van der Waals surface area (Å²) in [4.78, 5) is 15.7. The number of carbonyl (C=O) groups is 1. The van der Waals surface area contributed by atoms with Crippen molar-refractivity contribution in [3.8, 4) is 6.07 Å². The number of alkyl halides is 2. The summed E-state index contributed by atoms with van der Waals surface area (Å²) in [6.07, 6.45) is -2.35. The number of fused-ring (bicyclic) bond motifs is 1. The van der Waals surface area contributed by atoms with Crippen LogP contribution >= 0.6 is 12.2 Å². The first-order valence-electron chi connectivity index (χ1n) is 5.67. The molecule has 1 N–H and O–H groups in total. The highest BCUT2D eigenvalue weighted by Gasteiger charge is 2.27. The van der Waals surface area contributed by atoms with Crippen LogP contribution in [0.5, 0.6) is 0 Å². The van der Waals surface area contributed by atoms with E-state index < -0.39 is 6.43 Å². The number of H-pyrrole nitrogens is 1. The van der Waals surface area contributed by atoms with Crippen molar-refractivity contribution in [2.24, 2.45) is 0 Å². The van der Waals surface area contributed by atoms with E-state index >= 15 is 0 Å². The highest BCUT2D eigenvalue weighted by molar-refractivity contribution is 7.71. The second kappa shape index (κ2) is 5.05. The number of carbonyl (C=O) groups excluding carboxylic acids is 1. The van der Waals surface area contributed by atoms with E-state index in [2.05, 4.69) is 4.98 Å². The molecule has 1 amide bonds. The molecule has 0 fully saturated rings. The van der Waals surface area contributed by atoms with Gasteiger partial charge in [-0.3, -0.25) is 4.79 Å². The fourth-order valence-corrected chi connectivity index (χ4v) is 2.52. The minimum Gasteiger partial charge on any atom is -0.349 e. The molecule has 19 heavy (non-hydrogen) atoms. The van der Waals surface area contributed by atoms with Gasteiger partial charge in [0.2, 0.25) is 5.91 Å². The molecule has 1 aromatic heterocycles. The predicted octanol–water partition coefficient (Wildman–Crippen LogP) is 2.46. The van der Waals surface area contributed by atoms with Gasteiger partial charge in [-0.2, -0.15) is 5.26 Å². The van der Waals surface area contributed by atoms with Crippen molar-refractivity contribution in [2.75, 3.05) is 6.54 Å². The van der Waals surface area contributed by atoms with Crippen LogP contribution in [0.1, 0.15) is 35.7 Å². The molecule has 0 spiro atoms. The van der Waals surface area contributed by atoms with Gasteiger partial charge in [0.05, 0.1) is 5.56 Å². The first kappa shape index (κ1) is 13.6. The van der Waals surface area contributed by atoms with Gasteiger partial charge in [0.15, 0.2) is 0 Å². The lowest BCUT2D eigenvalue weighted by Crippen LogP contribution is -2.35. The molecule has 0 saturated carbocycles. The number of nitriles is 1. The second-order valence-electron chi connectivity index (χ2n) is 4.30. The summed E-state index contributed by atoms with van der Waals surface area (Å²) in [5.41, 5.74) is 0.375. The summed E-state index contributed by atoms with van der Waals surface area (Å²) in [6.45, 7) is 1.94. The van der Waals surface area contributed by atoms with Gasteiger partial charge in [0.1, 0.15) is 10.7 Å². The molecule has 2 heterocycles. The van der Waals surface area contributed by atoms with Crippen molar-refractivity contribution in [1.29, 1.82) is 5.26 Å². The Balaban J connectivity index is 2.64. The maximum Gasteiger partial charge on any atom is 0.265 e. The second-order valence-corrected chi connectivity index (χ2v) is 4.71. The van der Waals surface area contributed by atoms with Gasteiger partial charge in [-0.25, -0.2) is 8.78 Å². The highest BCUT2D eigenvalue weighted by Crippen LogP contribution is 2.31. The summed E-state index contributed by atoms with van der Waals surface area (Å²) in [5, 5.41) is 8.97. The quantitative estimate of drug-likeness (QED) is 0.805. The molecule has 2 rings (SSSR count). The van der Waals surface area contributed by atoms with Crippen LogP contribution in [0, 0.1) is 16.0 Å². The molecule has 0 bridgehead atoms. The van der Waals surface area contributed by atoms with Gasteiger partial charge in [-0.1, -0.05) is 12.2 Å². The fraction of sp³-hybridized carbons (Fsp3) is 0.417. The maximum absolute atomic E-state index is 13.2. The zero-order valence-electron chi connectivity index (χ0n) is 10.2. The van der Waals surface area contributed by atoms with E-state index in [-0.39, 0.29) is 28.2 Å². The molecule has 4 nitrogen and oxygen atoms in total. The van der Waals surface area contributed by atoms with E-state index in [0.29, 0.717) is 24.2 Å². The van der Waals surface area contributed by atoms with E-state index in [1.54, 1.807) is 6.07 Å².